The van der Waals surface area contributed by atoms with E-state index in [1.165, 1.54) is 6.26 Å². The summed E-state index contributed by atoms with van der Waals surface area (Å²) < 4.78 is 16.3. The molecule has 1 saturated heterocycles. The van der Waals surface area contributed by atoms with E-state index in [9.17, 15) is 4.79 Å². The van der Waals surface area contributed by atoms with Crippen molar-refractivity contribution < 1.29 is 13.7 Å². The van der Waals surface area contributed by atoms with Gasteiger partial charge in [-0.3, -0.25) is 0 Å². The fourth-order valence-corrected chi connectivity index (χ4v) is 1.52. The minimum Gasteiger partial charge on any atom is -0.432 e. The Morgan fingerprint density at radius 3 is 2.19 bits per heavy atom. The molecule has 2 rings (SSSR count). The highest BCUT2D eigenvalue weighted by Gasteiger charge is 2.52. The molecule has 0 aromatic carbocycles. The molecule has 86 valence electrons. The minimum atomic E-state index is -0.651. The second kappa shape index (κ2) is 3.47. The van der Waals surface area contributed by atoms with Crippen molar-refractivity contribution in [2.24, 2.45) is 0 Å². The van der Waals surface area contributed by atoms with Crippen molar-refractivity contribution in [1.82, 2.24) is 0 Å². The summed E-state index contributed by atoms with van der Waals surface area (Å²) in [6, 6.07) is 3.32. The van der Waals surface area contributed by atoms with E-state index in [4.69, 9.17) is 13.7 Å². The third-order valence-electron chi connectivity index (χ3n) is 3.27. The molecule has 16 heavy (non-hydrogen) atoms. The molecular weight excluding hydrogens is 207 g/mol. The van der Waals surface area contributed by atoms with Crippen molar-refractivity contribution >= 4 is 12.6 Å². The summed E-state index contributed by atoms with van der Waals surface area (Å²) in [5.41, 5.74) is -0.901. The van der Waals surface area contributed by atoms with Crippen LogP contribution in [0.15, 0.2) is 27.6 Å². The Morgan fingerprint density at radius 2 is 1.69 bits per heavy atom. The molecule has 1 aromatic heterocycles. The van der Waals surface area contributed by atoms with E-state index in [1.54, 1.807) is 12.1 Å². The van der Waals surface area contributed by atoms with Gasteiger partial charge in [0, 0.05) is 0 Å². The van der Waals surface area contributed by atoms with E-state index < -0.39 is 23.9 Å². The Balaban J connectivity index is 2.35. The van der Waals surface area contributed by atoms with Crippen LogP contribution in [0.25, 0.3) is 0 Å². The largest absolute Gasteiger partial charge is 0.502 e. The van der Waals surface area contributed by atoms with Crippen molar-refractivity contribution in [1.29, 1.82) is 0 Å². The number of hydrogen-bond donors (Lipinski definition) is 0. The number of rotatable bonds is 1. The van der Waals surface area contributed by atoms with Gasteiger partial charge in [-0.25, -0.2) is 4.79 Å². The summed E-state index contributed by atoms with van der Waals surface area (Å²) >= 11 is 0. The zero-order chi connectivity index (χ0) is 12.0. The maximum absolute atomic E-state index is 11.5. The van der Waals surface area contributed by atoms with Gasteiger partial charge in [0.2, 0.25) is 0 Å². The SMILES string of the molecule is CC1(C)OB(c2cccoc2=O)OC1(C)C. The average Bonchev–Trinajstić information content (AvgIpc) is 2.36. The summed E-state index contributed by atoms with van der Waals surface area (Å²) in [7, 11) is -0.651. The molecule has 5 heteroatoms. The molecule has 0 saturated carbocycles. The maximum Gasteiger partial charge on any atom is 0.502 e. The van der Waals surface area contributed by atoms with Crippen LogP contribution in [-0.4, -0.2) is 18.3 Å². The van der Waals surface area contributed by atoms with E-state index in [1.807, 2.05) is 27.7 Å². The molecule has 1 aliphatic heterocycles. The molecule has 0 amide bonds. The first-order chi connectivity index (χ1) is 7.33. The number of hydrogen-bond acceptors (Lipinski definition) is 4. The highest BCUT2D eigenvalue weighted by molar-refractivity contribution is 6.61. The van der Waals surface area contributed by atoms with Gasteiger partial charge in [-0.15, -0.1) is 0 Å². The van der Waals surface area contributed by atoms with E-state index >= 15 is 0 Å². The molecule has 2 heterocycles. The zero-order valence-electron chi connectivity index (χ0n) is 9.94. The fourth-order valence-electron chi connectivity index (χ4n) is 1.52. The molecule has 0 atom stereocenters. The molecule has 0 bridgehead atoms. The lowest BCUT2D eigenvalue weighted by atomic mass is 9.80. The van der Waals surface area contributed by atoms with Crippen LogP contribution < -0.4 is 11.1 Å². The lowest BCUT2D eigenvalue weighted by molar-refractivity contribution is 0.00578. The molecule has 0 spiro atoms. The molecule has 1 aromatic rings. The second-order valence-corrected chi connectivity index (χ2v) is 4.94. The van der Waals surface area contributed by atoms with Crippen LogP contribution in [-0.2, 0) is 9.31 Å². The lowest BCUT2D eigenvalue weighted by Crippen LogP contribution is -2.42. The van der Waals surface area contributed by atoms with Crippen molar-refractivity contribution in [3.8, 4) is 0 Å². The Kier molecular flexibility index (Phi) is 2.47. The standard InChI is InChI=1S/C11H15BO4/c1-10(2)11(3,4)16-12(15-10)8-6-5-7-14-9(8)13/h5-7H,1-4H3. The Bertz CT molecular complexity index is 433. The quantitative estimate of drug-likeness (QED) is 0.663. The van der Waals surface area contributed by atoms with Gasteiger partial charge >= 0.3 is 12.7 Å². The van der Waals surface area contributed by atoms with Crippen LogP contribution in [0.5, 0.6) is 0 Å². The third kappa shape index (κ3) is 1.70. The molecular formula is C11H15BO4. The molecule has 4 nitrogen and oxygen atoms in total. The average molecular weight is 222 g/mol. The van der Waals surface area contributed by atoms with Crippen LogP contribution in [0.4, 0.5) is 0 Å². The van der Waals surface area contributed by atoms with Crippen LogP contribution in [0, 0.1) is 0 Å². The predicted molar refractivity (Wildman–Crippen MR) is 60.7 cm³/mol. The van der Waals surface area contributed by atoms with Gasteiger partial charge in [0.05, 0.1) is 22.9 Å². The summed E-state index contributed by atoms with van der Waals surface area (Å²) in [6.07, 6.45) is 1.34. The van der Waals surface area contributed by atoms with Crippen LogP contribution >= 0.6 is 0 Å². The first kappa shape index (κ1) is 11.4. The maximum atomic E-state index is 11.5. The third-order valence-corrected chi connectivity index (χ3v) is 3.27. The predicted octanol–water partition coefficient (Wildman–Crippen LogP) is 0.939. The zero-order valence-corrected chi connectivity index (χ0v) is 9.94. The molecule has 0 unspecified atom stereocenters. The summed E-state index contributed by atoms with van der Waals surface area (Å²) in [6.45, 7) is 7.77. The highest BCUT2D eigenvalue weighted by Crippen LogP contribution is 2.36. The monoisotopic (exact) mass is 222 g/mol. The topological polar surface area (TPSA) is 48.7 Å². The summed E-state index contributed by atoms with van der Waals surface area (Å²) in [5.74, 6) is 0. The molecule has 0 N–H and O–H groups in total. The van der Waals surface area contributed by atoms with E-state index in [-0.39, 0.29) is 0 Å². The van der Waals surface area contributed by atoms with Gasteiger partial charge in [-0.1, -0.05) is 6.07 Å². The van der Waals surface area contributed by atoms with Crippen molar-refractivity contribution in [2.45, 2.75) is 38.9 Å². The first-order valence-corrected chi connectivity index (χ1v) is 5.27. The van der Waals surface area contributed by atoms with Crippen LogP contribution in [0.1, 0.15) is 27.7 Å². The van der Waals surface area contributed by atoms with Gasteiger partial charge in [0.1, 0.15) is 0 Å². The van der Waals surface area contributed by atoms with Gasteiger partial charge < -0.3 is 13.7 Å². The normalized spacial score (nSPS) is 22.4. The molecule has 0 aliphatic carbocycles. The highest BCUT2D eigenvalue weighted by atomic mass is 16.7. The summed E-state index contributed by atoms with van der Waals surface area (Å²) in [5, 5.41) is 0. The Morgan fingerprint density at radius 1 is 1.12 bits per heavy atom. The van der Waals surface area contributed by atoms with Gasteiger partial charge in [-0.05, 0) is 33.8 Å². The van der Waals surface area contributed by atoms with Gasteiger partial charge in [0.25, 0.3) is 0 Å². The fraction of sp³-hybridized carbons (Fsp3) is 0.545. The molecule has 1 aliphatic rings. The van der Waals surface area contributed by atoms with Crippen molar-refractivity contribution in [3.63, 3.8) is 0 Å². The molecule has 1 fully saturated rings. The van der Waals surface area contributed by atoms with Gasteiger partial charge in [-0.2, -0.15) is 0 Å². The first-order valence-electron chi connectivity index (χ1n) is 5.27. The Labute approximate surface area is 94.7 Å². The summed E-state index contributed by atoms with van der Waals surface area (Å²) in [4.78, 5) is 11.5. The van der Waals surface area contributed by atoms with E-state index in [2.05, 4.69) is 0 Å². The van der Waals surface area contributed by atoms with Gasteiger partial charge in [0.15, 0.2) is 0 Å². The van der Waals surface area contributed by atoms with E-state index in [0.29, 0.717) is 5.46 Å². The second-order valence-electron chi connectivity index (χ2n) is 4.94. The Hall–Kier alpha value is -1.07. The van der Waals surface area contributed by atoms with Crippen LogP contribution in [0.3, 0.4) is 0 Å². The minimum absolute atomic E-state index is 0.404. The lowest BCUT2D eigenvalue weighted by Gasteiger charge is -2.32. The smallest absolute Gasteiger partial charge is 0.432 e. The van der Waals surface area contributed by atoms with Crippen molar-refractivity contribution in [2.75, 3.05) is 0 Å². The van der Waals surface area contributed by atoms with Crippen molar-refractivity contribution in [3.05, 3.63) is 28.8 Å². The van der Waals surface area contributed by atoms with Crippen LogP contribution in [0.2, 0.25) is 0 Å². The molecule has 0 radical (unpaired) electrons. The van der Waals surface area contributed by atoms with E-state index in [0.717, 1.165) is 0 Å².